The molecule has 4 nitrogen and oxygen atoms in total. The van der Waals surface area contributed by atoms with E-state index >= 15 is 0 Å². The summed E-state index contributed by atoms with van der Waals surface area (Å²) in [5.74, 6) is 0.986. The van der Waals surface area contributed by atoms with Crippen molar-refractivity contribution in [3.8, 4) is 0 Å². The van der Waals surface area contributed by atoms with Crippen molar-refractivity contribution < 1.29 is 0 Å². The summed E-state index contributed by atoms with van der Waals surface area (Å²) < 4.78 is 0. The Bertz CT molecular complexity index is 1510. The number of nitrogens with zero attached hydrogens (tertiary/aromatic N) is 1. The van der Waals surface area contributed by atoms with Crippen LogP contribution in [0.2, 0.25) is 0 Å². The molecule has 1 unspecified atom stereocenters. The van der Waals surface area contributed by atoms with Gasteiger partial charge < -0.3 is 16.1 Å². The fourth-order valence-corrected chi connectivity index (χ4v) is 5.32. The van der Waals surface area contributed by atoms with Gasteiger partial charge in [0.05, 0.1) is 0 Å². The highest BCUT2D eigenvalue weighted by Gasteiger charge is 2.19. The van der Waals surface area contributed by atoms with E-state index in [9.17, 15) is 0 Å². The van der Waals surface area contributed by atoms with Gasteiger partial charge in [0.1, 0.15) is 5.49 Å². The maximum atomic E-state index is 7.61. The van der Waals surface area contributed by atoms with E-state index < -0.39 is 0 Å². The second-order valence-corrected chi connectivity index (χ2v) is 11.4. The number of hydrogen-bond acceptors (Lipinski definition) is 3. The molecule has 0 saturated heterocycles. The third-order valence-corrected chi connectivity index (χ3v) is 8.04. The number of aromatic amines is 1. The number of rotatable bonds is 12. The van der Waals surface area contributed by atoms with Crippen LogP contribution in [0.5, 0.6) is 0 Å². The zero-order valence-corrected chi connectivity index (χ0v) is 27.1. The lowest BCUT2D eigenvalue weighted by Gasteiger charge is -2.27. The van der Waals surface area contributed by atoms with Gasteiger partial charge in [-0.2, -0.15) is 0 Å². The average molecular weight is 567 g/mol. The van der Waals surface area contributed by atoms with Crippen LogP contribution >= 0.6 is 0 Å². The molecular formula is C38H54N4. The summed E-state index contributed by atoms with van der Waals surface area (Å²) in [6.45, 7) is 25.0. The SMILES string of the molecule is C=CC(\C(=C/CC)\C=c1/c(=C)[nH]c2/c1=C\C=C(C)/C(C(=C)C=N)=C(C)\N=2)=C(C)/C=C\CCC.CCC(N)CC1CCC1. The lowest BCUT2D eigenvalue weighted by molar-refractivity contribution is 0.274. The molecule has 0 aromatic carbocycles. The molecule has 0 spiro atoms. The summed E-state index contributed by atoms with van der Waals surface area (Å²) in [6, 6.07) is 0.482. The predicted molar refractivity (Wildman–Crippen MR) is 185 cm³/mol. The first-order chi connectivity index (χ1) is 20.1. The van der Waals surface area contributed by atoms with Crippen molar-refractivity contribution in [1.82, 2.24) is 4.98 Å². The van der Waals surface area contributed by atoms with Crippen molar-refractivity contribution >= 4 is 24.9 Å². The van der Waals surface area contributed by atoms with Crippen LogP contribution in [0.25, 0.3) is 18.7 Å². The van der Waals surface area contributed by atoms with Crippen molar-refractivity contribution in [2.75, 3.05) is 0 Å². The largest absolute Gasteiger partial charge is 0.340 e. The molecule has 0 radical (unpaired) electrons. The molecule has 4 N–H and O–H groups in total. The lowest BCUT2D eigenvalue weighted by atomic mass is 9.81. The first kappa shape index (κ1) is 34.7. The van der Waals surface area contributed by atoms with E-state index in [-0.39, 0.29) is 0 Å². The number of fused-ring (bicyclic) bond motifs is 1. The number of H-pyrrole nitrogens is 1. The van der Waals surface area contributed by atoms with Gasteiger partial charge in [0.15, 0.2) is 0 Å². The van der Waals surface area contributed by atoms with Gasteiger partial charge >= 0.3 is 0 Å². The normalized spacial score (nSPS) is 21.9. The summed E-state index contributed by atoms with van der Waals surface area (Å²) in [6.07, 6.45) is 26.0. The number of aromatic nitrogens is 1. The number of allylic oxidation sites excluding steroid dienone is 12. The van der Waals surface area contributed by atoms with Gasteiger partial charge in [0.25, 0.3) is 0 Å². The van der Waals surface area contributed by atoms with Gasteiger partial charge in [-0.25, -0.2) is 4.99 Å². The zero-order valence-electron chi connectivity index (χ0n) is 27.1. The van der Waals surface area contributed by atoms with Crippen LogP contribution in [-0.2, 0) is 0 Å². The zero-order chi connectivity index (χ0) is 31.2. The second kappa shape index (κ2) is 17.5. The summed E-state index contributed by atoms with van der Waals surface area (Å²) >= 11 is 0. The highest BCUT2D eigenvalue weighted by molar-refractivity contribution is 5.84. The lowest BCUT2D eigenvalue weighted by Crippen LogP contribution is -2.37. The molecule has 0 amide bonds. The molecule has 1 aliphatic carbocycles. The number of nitrogens with two attached hydrogens (primary N) is 1. The molecule has 3 rings (SSSR count). The van der Waals surface area contributed by atoms with Gasteiger partial charge in [0, 0.05) is 39.3 Å². The summed E-state index contributed by atoms with van der Waals surface area (Å²) in [7, 11) is 0. The summed E-state index contributed by atoms with van der Waals surface area (Å²) in [4.78, 5) is 8.21. The molecular weight excluding hydrogens is 512 g/mol. The Labute approximate surface area is 254 Å². The summed E-state index contributed by atoms with van der Waals surface area (Å²) in [5.41, 5.74) is 13.4. The van der Waals surface area contributed by atoms with E-state index in [2.05, 4.69) is 88.9 Å². The Hall–Kier alpha value is -3.50. The van der Waals surface area contributed by atoms with Crippen molar-refractivity contribution in [3.63, 3.8) is 0 Å². The molecule has 1 fully saturated rings. The Morgan fingerprint density at radius 3 is 2.48 bits per heavy atom. The molecule has 1 atom stereocenters. The van der Waals surface area contributed by atoms with Crippen molar-refractivity contribution in [3.05, 3.63) is 104 Å². The maximum Gasteiger partial charge on any atom is 0.138 e. The van der Waals surface area contributed by atoms with Crippen LogP contribution in [-0.4, -0.2) is 17.2 Å². The fraction of sp³-hybridized carbons (Fsp3) is 0.421. The standard InChI is InChI=1S/C30H37N3.C8H17N/c1-9-12-13-15-20(4)26(11-3)25(14-10-2)18-28-23(7)32-30-27(28)17-16-21(5)29(22(6)19-31)24(8)33-30;1-2-8(9)6-7-4-3-5-7/h11,13-19,31H,3,6-7,9-10,12H2,1-2,4-5,8H3,(H,32,33);7-8H,2-6,9H2,1H3/b15-13-,25-14-,26-20+,28-18+,31-19?;. The Kier molecular flexibility index (Phi) is 14.4. The molecule has 2 aliphatic rings. The molecule has 42 heavy (non-hydrogen) atoms. The molecule has 1 aromatic heterocycles. The Balaban J connectivity index is 0.000000581. The molecule has 2 heterocycles. The smallest absolute Gasteiger partial charge is 0.138 e. The average Bonchev–Trinajstić information content (AvgIpc) is 3.22. The third-order valence-electron chi connectivity index (χ3n) is 8.04. The van der Waals surface area contributed by atoms with Crippen LogP contribution in [0.1, 0.15) is 92.9 Å². The van der Waals surface area contributed by atoms with E-state index in [1.54, 1.807) is 0 Å². The minimum atomic E-state index is 0.482. The Morgan fingerprint density at radius 1 is 1.21 bits per heavy atom. The first-order valence-electron chi connectivity index (χ1n) is 15.6. The number of hydrogen-bond donors (Lipinski definition) is 3. The molecule has 1 aromatic rings. The monoisotopic (exact) mass is 566 g/mol. The highest BCUT2D eigenvalue weighted by atomic mass is 14.9. The van der Waals surface area contributed by atoms with Crippen LogP contribution < -0.4 is 27.0 Å². The van der Waals surface area contributed by atoms with Crippen molar-refractivity contribution in [2.45, 2.75) is 99.0 Å². The van der Waals surface area contributed by atoms with E-state index in [1.165, 1.54) is 37.5 Å². The van der Waals surface area contributed by atoms with E-state index in [0.717, 1.165) is 80.9 Å². The molecule has 1 saturated carbocycles. The van der Waals surface area contributed by atoms with Crippen molar-refractivity contribution in [1.29, 1.82) is 5.41 Å². The maximum absolute atomic E-state index is 7.61. The van der Waals surface area contributed by atoms with Crippen LogP contribution in [0.4, 0.5) is 0 Å². The Morgan fingerprint density at radius 2 is 1.93 bits per heavy atom. The van der Waals surface area contributed by atoms with E-state index in [0.29, 0.717) is 11.6 Å². The molecule has 1 aliphatic heterocycles. The molecule has 4 heteroatoms. The van der Waals surface area contributed by atoms with Crippen LogP contribution in [0.3, 0.4) is 0 Å². The van der Waals surface area contributed by atoms with Crippen LogP contribution in [0.15, 0.2) is 87.7 Å². The van der Waals surface area contributed by atoms with E-state index in [4.69, 9.17) is 16.1 Å². The van der Waals surface area contributed by atoms with Gasteiger partial charge in [-0.1, -0.05) is 103 Å². The topological polar surface area (TPSA) is 78.0 Å². The highest BCUT2D eigenvalue weighted by Crippen LogP contribution is 2.30. The predicted octanol–water partition coefficient (Wildman–Crippen LogP) is 7.15. The molecule has 0 bridgehead atoms. The first-order valence-corrected chi connectivity index (χ1v) is 15.6. The third kappa shape index (κ3) is 9.52. The number of nitrogens with one attached hydrogen (secondary N) is 2. The van der Waals surface area contributed by atoms with Gasteiger partial charge in [-0.05, 0) is 86.3 Å². The molecule has 226 valence electrons. The quantitative estimate of drug-likeness (QED) is 0.182. The fourth-order valence-electron chi connectivity index (χ4n) is 5.32. The van der Waals surface area contributed by atoms with Crippen LogP contribution in [0, 0.1) is 11.3 Å². The number of unbranched alkanes of at least 4 members (excludes halogenated alkanes) is 1. The van der Waals surface area contributed by atoms with Crippen molar-refractivity contribution in [2.24, 2.45) is 16.6 Å². The van der Waals surface area contributed by atoms with E-state index in [1.807, 2.05) is 19.9 Å². The van der Waals surface area contributed by atoms with Gasteiger partial charge in [-0.3, -0.25) is 0 Å². The minimum Gasteiger partial charge on any atom is -0.340 e. The second-order valence-electron chi connectivity index (χ2n) is 11.4. The van der Waals surface area contributed by atoms with Gasteiger partial charge in [-0.15, -0.1) is 0 Å². The summed E-state index contributed by atoms with van der Waals surface area (Å²) in [5, 5.41) is 10.5. The minimum absolute atomic E-state index is 0.482. The van der Waals surface area contributed by atoms with Gasteiger partial charge in [0.2, 0.25) is 0 Å².